The second-order valence-corrected chi connectivity index (χ2v) is 2.17. The molecule has 0 aliphatic heterocycles. The lowest BCUT2D eigenvalue weighted by Crippen LogP contribution is -2.02. The fourth-order valence-corrected chi connectivity index (χ4v) is 0.722. The Balaban J connectivity index is 3.28. The quantitative estimate of drug-likeness (QED) is 0.617. The van der Waals surface area contributed by atoms with E-state index in [0.29, 0.717) is 0 Å². The zero-order valence-electron chi connectivity index (χ0n) is 5.94. The van der Waals surface area contributed by atoms with Crippen LogP contribution in [0.15, 0.2) is 21.5 Å². The van der Waals surface area contributed by atoms with E-state index in [9.17, 15) is 4.79 Å². The monoisotopic (exact) mass is 156 g/mol. The van der Waals surface area contributed by atoms with Gasteiger partial charge in [0.25, 0.3) is 0 Å². The lowest BCUT2D eigenvalue weighted by molar-refractivity contribution is 0.160. The molecule has 0 aliphatic carbocycles. The molecule has 0 fully saturated rings. The average Bonchev–Trinajstić information content (AvgIpc) is 1.94. The molecule has 2 N–H and O–H groups in total. The predicted octanol–water partition coefficient (Wildman–Crippen LogP) is 0.399. The van der Waals surface area contributed by atoms with Crippen LogP contribution >= 0.6 is 0 Å². The molecule has 4 heteroatoms. The Labute approximate surface area is 62.7 Å². The van der Waals surface area contributed by atoms with Gasteiger partial charge in [-0.1, -0.05) is 0 Å². The van der Waals surface area contributed by atoms with Crippen LogP contribution in [0.5, 0.6) is 5.75 Å². The normalized spacial score (nSPS) is 12.9. The van der Waals surface area contributed by atoms with Crippen LogP contribution in [0.25, 0.3) is 0 Å². The molecule has 1 unspecified atom stereocenters. The van der Waals surface area contributed by atoms with Crippen molar-refractivity contribution in [3.8, 4) is 5.75 Å². The molecule has 0 bridgehead atoms. The van der Waals surface area contributed by atoms with Gasteiger partial charge in [-0.05, 0) is 6.92 Å². The van der Waals surface area contributed by atoms with Crippen molar-refractivity contribution in [1.29, 1.82) is 0 Å². The van der Waals surface area contributed by atoms with Crippen LogP contribution in [0.4, 0.5) is 0 Å². The summed E-state index contributed by atoms with van der Waals surface area (Å²) in [6, 6.07) is 1.08. The molecule has 4 nitrogen and oxygen atoms in total. The first-order chi connectivity index (χ1) is 5.13. The summed E-state index contributed by atoms with van der Waals surface area (Å²) in [5, 5.41) is 17.9. The fourth-order valence-electron chi connectivity index (χ4n) is 0.722. The van der Waals surface area contributed by atoms with Crippen LogP contribution in [0.2, 0.25) is 0 Å². The summed E-state index contributed by atoms with van der Waals surface area (Å²) in [6.07, 6.45) is 0.160. The van der Waals surface area contributed by atoms with Gasteiger partial charge < -0.3 is 14.6 Å². The molecule has 0 spiro atoms. The van der Waals surface area contributed by atoms with E-state index < -0.39 is 17.3 Å². The molecule has 0 aliphatic rings. The molecule has 0 saturated carbocycles. The third-order valence-electron chi connectivity index (χ3n) is 1.26. The minimum absolute atomic E-state index is 0.0995. The van der Waals surface area contributed by atoms with E-state index >= 15 is 0 Å². The van der Waals surface area contributed by atoms with Crippen molar-refractivity contribution >= 4 is 0 Å². The zero-order valence-corrected chi connectivity index (χ0v) is 5.94. The van der Waals surface area contributed by atoms with Crippen LogP contribution < -0.4 is 5.43 Å². The van der Waals surface area contributed by atoms with Crippen LogP contribution in [-0.4, -0.2) is 10.2 Å². The van der Waals surface area contributed by atoms with Gasteiger partial charge in [-0.15, -0.1) is 0 Å². The third-order valence-corrected chi connectivity index (χ3v) is 1.26. The summed E-state index contributed by atoms with van der Waals surface area (Å²) in [5.41, 5.74) is -0.549. The number of hydrogen-bond acceptors (Lipinski definition) is 4. The van der Waals surface area contributed by atoms with Crippen LogP contribution in [0.1, 0.15) is 18.8 Å². The second-order valence-electron chi connectivity index (χ2n) is 2.17. The topological polar surface area (TPSA) is 70.7 Å². The van der Waals surface area contributed by atoms with Crippen molar-refractivity contribution in [2.75, 3.05) is 0 Å². The molecule has 0 amide bonds. The van der Waals surface area contributed by atoms with Gasteiger partial charge in [-0.2, -0.15) is 0 Å². The van der Waals surface area contributed by atoms with Crippen molar-refractivity contribution in [2.24, 2.45) is 0 Å². The summed E-state index contributed by atoms with van der Waals surface area (Å²) in [4.78, 5) is 10.7. The smallest absolute Gasteiger partial charge is 0.226 e. The zero-order chi connectivity index (χ0) is 8.43. The number of hydrogen-bond donors (Lipinski definition) is 2. The molecule has 1 rings (SSSR count). The van der Waals surface area contributed by atoms with E-state index in [1.807, 2.05) is 0 Å². The van der Waals surface area contributed by atoms with E-state index in [1.165, 1.54) is 6.92 Å². The van der Waals surface area contributed by atoms with E-state index in [0.717, 1.165) is 12.3 Å². The number of aliphatic hydroxyl groups is 1. The highest BCUT2D eigenvalue weighted by Crippen LogP contribution is 2.18. The van der Waals surface area contributed by atoms with Crippen molar-refractivity contribution < 1.29 is 14.6 Å². The van der Waals surface area contributed by atoms with Gasteiger partial charge in [-0.25, -0.2) is 0 Å². The predicted molar refractivity (Wildman–Crippen MR) is 37.3 cm³/mol. The largest absolute Gasteiger partial charge is 0.502 e. The summed E-state index contributed by atoms with van der Waals surface area (Å²) < 4.78 is 4.70. The van der Waals surface area contributed by atoms with Crippen LogP contribution in [-0.2, 0) is 0 Å². The standard InChI is InChI=1S/C7H8O4/c1-4(8)7-6(10)5(9)2-3-11-7/h2-4,8,10H,1H3. The first kappa shape index (κ1) is 7.81. The highest BCUT2D eigenvalue weighted by atomic mass is 16.4. The summed E-state index contributed by atoms with van der Waals surface area (Å²) in [7, 11) is 0. The lowest BCUT2D eigenvalue weighted by atomic mass is 10.2. The minimum Gasteiger partial charge on any atom is -0.502 e. The van der Waals surface area contributed by atoms with E-state index in [1.54, 1.807) is 0 Å². The molecule has 60 valence electrons. The van der Waals surface area contributed by atoms with Gasteiger partial charge in [0.15, 0.2) is 5.76 Å². The van der Waals surface area contributed by atoms with Gasteiger partial charge in [0, 0.05) is 6.07 Å². The molecular weight excluding hydrogens is 148 g/mol. The summed E-state index contributed by atoms with van der Waals surface area (Å²) in [6.45, 7) is 1.40. The molecule has 1 aromatic rings. The van der Waals surface area contributed by atoms with Gasteiger partial charge in [0.2, 0.25) is 11.2 Å². The first-order valence-corrected chi connectivity index (χ1v) is 3.11. The molecule has 0 saturated heterocycles. The maximum atomic E-state index is 10.7. The minimum atomic E-state index is -0.969. The van der Waals surface area contributed by atoms with Gasteiger partial charge >= 0.3 is 0 Å². The van der Waals surface area contributed by atoms with E-state index in [-0.39, 0.29) is 5.76 Å². The Bertz CT molecular complexity index is 300. The second kappa shape index (κ2) is 2.75. The van der Waals surface area contributed by atoms with Crippen molar-refractivity contribution in [2.45, 2.75) is 13.0 Å². The SMILES string of the molecule is CC(O)c1occc(=O)c1O. The molecule has 0 radical (unpaired) electrons. The number of aromatic hydroxyl groups is 1. The molecular formula is C7H8O4. The summed E-state index contributed by atoms with van der Waals surface area (Å²) >= 11 is 0. The number of rotatable bonds is 1. The Morgan fingerprint density at radius 3 is 2.73 bits per heavy atom. The number of aliphatic hydroxyl groups excluding tert-OH is 1. The highest BCUT2D eigenvalue weighted by molar-refractivity contribution is 5.23. The molecule has 11 heavy (non-hydrogen) atoms. The van der Waals surface area contributed by atoms with Crippen molar-refractivity contribution in [1.82, 2.24) is 0 Å². The molecule has 1 atom stereocenters. The van der Waals surface area contributed by atoms with Crippen LogP contribution in [0, 0.1) is 0 Å². The molecule has 0 aromatic carbocycles. The third kappa shape index (κ3) is 1.40. The molecule has 1 aromatic heterocycles. The summed E-state index contributed by atoms with van der Waals surface area (Å²) in [5.74, 6) is -0.625. The fraction of sp³-hybridized carbons (Fsp3) is 0.286. The molecule has 1 heterocycles. The van der Waals surface area contributed by atoms with Gasteiger partial charge in [0.1, 0.15) is 6.10 Å². The van der Waals surface area contributed by atoms with Crippen molar-refractivity contribution in [3.05, 3.63) is 28.3 Å². The maximum Gasteiger partial charge on any atom is 0.226 e. The first-order valence-electron chi connectivity index (χ1n) is 3.11. The highest BCUT2D eigenvalue weighted by Gasteiger charge is 2.11. The Hall–Kier alpha value is -1.29. The van der Waals surface area contributed by atoms with Crippen molar-refractivity contribution in [3.63, 3.8) is 0 Å². The lowest BCUT2D eigenvalue weighted by Gasteiger charge is -2.02. The van der Waals surface area contributed by atoms with E-state index in [4.69, 9.17) is 14.6 Å². The van der Waals surface area contributed by atoms with Crippen LogP contribution in [0.3, 0.4) is 0 Å². The Morgan fingerprint density at radius 1 is 1.64 bits per heavy atom. The van der Waals surface area contributed by atoms with E-state index in [2.05, 4.69) is 0 Å². The van der Waals surface area contributed by atoms with Gasteiger partial charge in [-0.3, -0.25) is 4.79 Å². The maximum absolute atomic E-state index is 10.7. The average molecular weight is 156 g/mol. The van der Waals surface area contributed by atoms with Gasteiger partial charge in [0.05, 0.1) is 6.26 Å². The Morgan fingerprint density at radius 2 is 2.27 bits per heavy atom. The Kier molecular flexibility index (Phi) is 1.96.